The highest BCUT2D eigenvalue weighted by Gasteiger charge is 2.26. The Bertz CT molecular complexity index is 1070. The van der Waals surface area contributed by atoms with Gasteiger partial charge in [-0.25, -0.2) is 13.8 Å². The molecule has 32 heavy (non-hydrogen) atoms. The Kier molecular flexibility index (Phi) is 7.34. The van der Waals surface area contributed by atoms with E-state index in [1.165, 1.54) is 9.87 Å². The van der Waals surface area contributed by atoms with Crippen LogP contribution in [0, 0.1) is 0 Å². The van der Waals surface area contributed by atoms with Crippen LogP contribution in [-0.4, -0.2) is 50.6 Å². The number of sulfonamides is 1. The van der Waals surface area contributed by atoms with Crippen LogP contribution in [0.5, 0.6) is 0 Å². The molecule has 1 saturated heterocycles. The van der Waals surface area contributed by atoms with E-state index in [-0.39, 0.29) is 17.2 Å². The minimum atomic E-state index is -3.50. The Balaban J connectivity index is 1.33. The second-order valence-electron chi connectivity index (χ2n) is 8.12. The zero-order valence-corrected chi connectivity index (χ0v) is 18.9. The van der Waals surface area contributed by atoms with E-state index in [0.29, 0.717) is 32.7 Å². The number of amides is 1. The van der Waals surface area contributed by atoms with E-state index in [2.05, 4.69) is 22.7 Å². The Morgan fingerprint density at radius 3 is 2.50 bits per heavy atom. The number of hydrogen-bond donors (Lipinski definition) is 1. The number of hydrogen-bond acceptors (Lipinski definition) is 5. The number of carbonyl (C=O) groups excluding carboxylic acids is 1. The lowest BCUT2D eigenvalue weighted by atomic mass is 10.0. The number of ether oxygens (including phenoxy) is 1. The maximum absolute atomic E-state index is 12.7. The fourth-order valence-corrected chi connectivity index (χ4v) is 5.49. The molecule has 0 spiro atoms. The first-order valence-corrected chi connectivity index (χ1v) is 12.6. The van der Waals surface area contributed by atoms with Crippen LogP contribution in [0.15, 0.2) is 58.5 Å². The van der Waals surface area contributed by atoms with Crippen LogP contribution in [0.4, 0.5) is 0 Å². The summed E-state index contributed by atoms with van der Waals surface area (Å²) in [6.07, 6.45) is 4.89. The third-order valence-corrected chi connectivity index (χ3v) is 7.84. The van der Waals surface area contributed by atoms with Gasteiger partial charge in [0, 0.05) is 25.1 Å². The summed E-state index contributed by atoms with van der Waals surface area (Å²) in [5, 5.41) is 4.42. The molecule has 1 heterocycles. The number of aryl methyl sites for hydroxylation is 2. The quantitative estimate of drug-likeness (QED) is 0.536. The minimum Gasteiger partial charge on any atom is -0.379 e. The molecule has 2 aromatic carbocycles. The maximum Gasteiger partial charge on any atom is 0.243 e. The fraction of sp³-hybridized carbons (Fsp3) is 0.417. The van der Waals surface area contributed by atoms with Gasteiger partial charge in [0.25, 0.3) is 0 Å². The van der Waals surface area contributed by atoms with Gasteiger partial charge in [-0.2, -0.15) is 9.41 Å². The predicted octanol–water partition coefficient (Wildman–Crippen LogP) is 2.89. The van der Waals surface area contributed by atoms with Crippen LogP contribution in [0.3, 0.4) is 0 Å². The van der Waals surface area contributed by atoms with Crippen molar-refractivity contribution in [3.8, 4) is 0 Å². The van der Waals surface area contributed by atoms with Gasteiger partial charge in [0.05, 0.1) is 23.8 Å². The largest absolute Gasteiger partial charge is 0.379 e. The van der Waals surface area contributed by atoms with Crippen molar-refractivity contribution in [2.75, 3.05) is 26.3 Å². The molecule has 1 amide bonds. The van der Waals surface area contributed by atoms with Gasteiger partial charge in [0.15, 0.2) is 0 Å². The monoisotopic (exact) mass is 455 g/mol. The lowest BCUT2D eigenvalue weighted by Crippen LogP contribution is -2.40. The molecule has 1 aliphatic carbocycles. The summed E-state index contributed by atoms with van der Waals surface area (Å²) in [5.41, 5.74) is 6.96. The molecule has 0 unspecified atom stereocenters. The van der Waals surface area contributed by atoms with Gasteiger partial charge < -0.3 is 4.74 Å². The van der Waals surface area contributed by atoms with Crippen LogP contribution >= 0.6 is 0 Å². The summed E-state index contributed by atoms with van der Waals surface area (Å²) in [6.45, 7) is 1.58. The van der Waals surface area contributed by atoms with E-state index in [1.807, 2.05) is 12.1 Å². The molecule has 0 atom stereocenters. The molecule has 1 N–H and O–H groups in total. The first-order chi connectivity index (χ1) is 15.5. The average Bonchev–Trinajstić information content (AvgIpc) is 3.04. The van der Waals surface area contributed by atoms with E-state index in [4.69, 9.17) is 4.74 Å². The van der Waals surface area contributed by atoms with Gasteiger partial charge in [0.2, 0.25) is 15.9 Å². The second kappa shape index (κ2) is 10.4. The Morgan fingerprint density at radius 1 is 1.00 bits per heavy atom. The molecule has 7 nitrogen and oxygen atoms in total. The van der Waals surface area contributed by atoms with Crippen LogP contribution < -0.4 is 5.43 Å². The molecule has 0 aromatic heterocycles. The smallest absolute Gasteiger partial charge is 0.243 e. The van der Waals surface area contributed by atoms with Crippen LogP contribution in [0.2, 0.25) is 0 Å². The lowest BCUT2D eigenvalue weighted by Gasteiger charge is -2.26. The molecule has 8 heteroatoms. The summed E-state index contributed by atoms with van der Waals surface area (Å²) < 4.78 is 32.1. The predicted molar refractivity (Wildman–Crippen MR) is 123 cm³/mol. The van der Waals surface area contributed by atoms with Gasteiger partial charge >= 0.3 is 0 Å². The number of benzene rings is 2. The Hall–Kier alpha value is -2.55. The van der Waals surface area contributed by atoms with Crippen LogP contribution in [-0.2, 0) is 32.4 Å². The van der Waals surface area contributed by atoms with E-state index < -0.39 is 10.0 Å². The molecule has 0 bridgehead atoms. The lowest BCUT2D eigenvalue weighted by molar-refractivity contribution is -0.121. The number of hydrazone groups is 1. The summed E-state index contributed by atoms with van der Waals surface area (Å²) in [4.78, 5) is 12.6. The Morgan fingerprint density at radius 2 is 1.72 bits per heavy atom. The van der Waals surface area contributed by atoms with Crippen molar-refractivity contribution in [1.82, 2.24) is 9.73 Å². The highest BCUT2D eigenvalue weighted by atomic mass is 32.2. The molecule has 0 radical (unpaired) electrons. The van der Waals surface area contributed by atoms with Crippen molar-refractivity contribution in [1.29, 1.82) is 0 Å². The van der Waals surface area contributed by atoms with E-state index in [0.717, 1.165) is 42.5 Å². The van der Waals surface area contributed by atoms with Crippen molar-refractivity contribution in [3.63, 3.8) is 0 Å². The van der Waals surface area contributed by atoms with Crippen molar-refractivity contribution in [2.45, 2.75) is 43.4 Å². The second-order valence-corrected chi connectivity index (χ2v) is 10.1. The molecular weight excluding hydrogens is 426 g/mol. The summed E-state index contributed by atoms with van der Waals surface area (Å²) in [5.74, 6) is -0.149. The van der Waals surface area contributed by atoms with Gasteiger partial charge in [-0.05, 0) is 55.4 Å². The Labute approximate surface area is 189 Å². The topological polar surface area (TPSA) is 88.1 Å². The van der Waals surface area contributed by atoms with Crippen LogP contribution in [0.1, 0.15) is 42.4 Å². The number of nitrogens with zero attached hydrogens (tertiary/aromatic N) is 2. The summed E-state index contributed by atoms with van der Waals surface area (Å²) in [7, 11) is -3.50. The van der Waals surface area contributed by atoms with Crippen LogP contribution in [0.25, 0.3) is 0 Å². The van der Waals surface area contributed by atoms with Crippen molar-refractivity contribution in [2.24, 2.45) is 5.10 Å². The van der Waals surface area contributed by atoms with Gasteiger partial charge in [0.1, 0.15) is 0 Å². The van der Waals surface area contributed by atoms with Crippen molar-refractivity contribution < 1.29 is 17.9 Å². The van der Waals surface area contributed by atoms with E-state index >= 15 is 0 Å². The molecule has 2 aromatic rings. The number of nitrogens with one attached hydrogen (secondary N) is 1. The third kappa shape index (κ3) is 5.43. The standard InChI is InChI=1S/C24H29N3O4S/c28-24(26-25-23-8-4-2-6-20-5-1-3-7-22(20)23)14-11-19-9-12-21(13-10-19)32(29,30)27-15-17-31-18-16-27/h1,3,5,7,9-10,12-13H,2,4,6,8,11,14-18H2,(H,26,28)/b25-23-. The number of morpholine rings is 1. The SMILES string of the molecule is O=C(CCc1ccc(S(=O)(=O)N2CCOCC2)cc1)N/N=C1/CCCCc2ccccc21. The normalized spacial score (nSPS) is 18.7. The molecule has 1 fully saturated rings. The molecule has 0 saturated carbocycles. The van der Waals surface area contributed by atoms with E-state index in [1.54, 1.807) is 24.3 Å². The molecule has 4 rings (SSSR count). The number of rotatable bonds is 6. The van der Waals surface area contributed by atoms with Gasteiger partial charge in [-0.15, -0.1) is 0 Å². The first-order valence-electron chi connectivity index (χ1n) is 11.1. The minimum absolute atomic E-state index is 0.149. The number of fused-ring (bicyclic) bond motifs is 1. The van der Waals surface area contributed by atoms with Crippen molar-refractivity contribution >= 4 is 21.6 Å². The molecule has 2 aliphatic rings. The van der Waals surface area contributed by atoms with Gasteiger partial charge in [-0.1, -0.05) is 36.4 Å². The average molecular weight is 456 g/mol. The first kappa shape index (κ1) is 22.6. The molecular formula is C24H29N3O4S. The highest BCUT2D eigenvalue weighted by Crippen LogP contribution is 2.21. The zero-order chi connectivity index (χ0) is 22.4. The van der Waals surface area contributed by atoms with E-state index in [9.17, 15) is 13.2 Å². The highest BCUT2D eigenvalue weighted by molar-refractivity contribution is 7.89. The molecule has 1 aliphatic heterocycles. The molecule has 170 valence electrons. The third-order valence-electron chi connectivity index (χ3n) is 5.93. The zero-order valence-electron chi connectivity index (χ0n) is 18.1. The fourth-order valence-electron chi connectivity index (χ4n) is 4.09. The van der Waals surface area contributed by atoms with Gasteiger partial charge in [-0.3, -0.25) is 4.79 Å². The summed E-state index contributed by atoms with van der Waals surface area (Å²) >= 11 is 0. The number of carbonyl (C=O) groups is 1. The maximum atomic E-state index is 12.7. The van der Waals surface area contributed by atoms with Crippen molar-refractivity contribution in [3.05, 3.63) is 65.2 Å². The summed E-state index contributed by atoms with van der Waals surface area (Å²) in [6, 6.07) is 15.0.